The Labute approximate surface area is 124 Å². The van der Waals surface area contributed by atoms with Gasteiger partial charge in [0.1, 0.15) is 10.4 Å². The number of hydrogen-bond acceptors (Lipinski definition) is 4. The van der Waals surface area contributed by atoms with Gasteiger partial charge in [-0.15, -0.1) is 11.3 Å². The number of esters is 1. The number of carbonyl (C=O) groups excluding carboxylic acids is 1. The molecule has 0 aromatic carbocycles. The Balaban J connectivity index is 2.95. The Morgan fingerprint density at radius 3 is 2.61 bits per heavy atom. The van der Waals surface area contributed by atoms with Crippen LogP contribution in [0.5, 0.6) is 0 Å². The molecule has 0 saturated heterocycles. The standard InChI is InChI=1S/C12H16BrClO3S/c1-4-17-12(16)9(6(2)3)10(15)8-5-7(13)11(14)18-8/h5-6,9-10,15H,4H2,1-3H3. The van der Waals surface area contributed by atoms with E-state index in [9.17, 15) is 9.90 Å². The minimum absolute atomic E-state index is 0.0151. The first kappa shape index (κ1) is 16.0. The normalized spacial score (nSPS) is 14.6. The van der Waals surface area contributed by atoms with E-state index in [0.29, 0.717) is 15.8 Å². The van der Waals surface area contributed by atoms with Crippen LogP contribution in [0, 0.1) is 11.8 Å². The minimum Gasteiger partial charge on any atom is -0.466 e. The van der Waals surface area contributed by atoms with Crippen molar-refractivity contribution in [2.45, 2.75) is 26.9 Å². The molecule has 18 heavy (non-hydrogen) atoms. The SMILES string of the molecule is CCOC(=O)C(C(C)C)C(O)c1cc(Br)c(Cl)s1. The highest BCUT2D eigenvalue weighted by Gasteiger charge is 2.33. The summed E-state index contributed by atoms with van der Waals surface area (Å²) >= 11 is 10.5. The molecule has 6 heteroatoms. The molecule has 0 spiro atoms. The van der Waals surface area contributed by atoms with Crippen molar-refractivity contribution >= 4 is 44.8 Å². The van der Waals surface area contributed by atoms with Gasteiger partial charge in [0, 0.05) is 9.35 Å². The molecule has 0 amide bonds. The third kappa shape index (κ3) is 3.70. The van der Waals surface area contributed by atoms with Crippen molar-refractivity contribution in [2.24, 2.45) is 11.8 Å². The summed E-state index contributed by atoms with van der Waals surface area (Å²) in [6, 6.07) is 1.74. The van der Waals surface area contributed by atoms with Crippen LogP contribution in [0.2, 0.25) is 4.34 Å². The summed E-state index contributed by atoms with van der Waals surface area (Å²) in [6.45, 7) is 5.83. The van der Waals surface area contributed by atoms with E-state index >= 15 is 0 Å². The average molecular weight is 356 g/mol. The van der Waals surface area contributed by atoms with Crippen LogP contribution in [-0.4, -0.2) is 17.7 Å². The first-order valence-corrected chi connectivity index (χ1v) is 7.66. The van der Waals surface area contributed by atoms with Crippen molar-refractivity contribution in [3.8, 4) is 0 Å². The van der Waals surface area contributed by atoms with Crippen molar-refractivity contribution < 1.29 is 14.6 Å². The molecule has 0 fully saturated rings. The predicted octanol–water partition coefficient (Wildman–Crippen LogP) is 4.03. The molecule has 1 rings (SSSR count). The van der Waals surface area contributed by atoms with Gasteiger partial charge in [-0.05, 0) is 34.8 Å². The Morgan fingerprint density at radius 2 is 2.22 bits per heavy atom. The summed E-state index contributed by atoms with van der Waals surface area (Å²) < 4.78 is 6.30. The number of ether oxygens (including phenoxy) is 1. The van der Waals surface area contributed by atoms with Crippen LogP contribution in [0.25, 0.3) is 0 Å². The molecule has 1 heterocycles. The van der Waals surface area contributed by atoms with E-state index < -0.39 is 12.0 Å². The largest absolute Gasteiger partial charge is 0.466 e. The van der Waals surface area contributed by atoms with Crippen molar-refractivity contribution in [3.05, 3.63) is 19.8 Å². The lowest BCUT2D eigenvalue weighted by molar-refractivity contribution is -0.154. The Bertz CT molecular complexity index is 400. The van der Waals surface area contributed by atoms with Gasteiger partial charge < -0.3 is 9.84 Å². The zero-order valence-electron chi connectivity index (χ0n) is 10.4. The van der Waals surface area contributed by atoms with Crippen LogP contribution in [0.3, 0.4) is 0 Å². The maximum Gasteiger partial charge on any atom is 0.312 e. The highest BCUT2D eigenvalue weighted by molar-refractivity contribution is 9.10. The van der Waals surface area contributed by atoms with Crippen molar-refractivity contribution in [3.63, 3.8) is 0 Å². The average Bonchev–Trinajstić information content (AvgIpc) is 2.59. The molecule has 0 aliphatic rings. The molecule has 102 valence electrons. The van der Waals surface area contributed by atoms with Crippen LogP contribution >= 0.6 is 38.9 Å². The predicted molar refractivity (Wildman–Crippen MR) is 76.9 cm³/mol. The molecule has 1 N–H and O–H groups in total. The van der Waals surface area contributed by atoms with Gasteiger partial charge in [0.05, 0.1) is 12.5 Å². The Kier molecular flexibility index (Phi) is 6.11. The maximum atomic E-state index is 11.9. The molecule has 0 bridgehead atoms. The fourth-order valence-corrected chi connectivity index (χ4v) is 3.46. The Hall–Kier alpha value is -0.100. The molecule has 0 radical (unpaired) electrons. The first-order chi connectivity index (χ1) is 8.38. The van der Waals surface area contributed by atoms with Gasteiger partial charge in [-0.25, -0.2) is 0 Å². The van der Waals surface area contributed by atoms with E-state index in [4.69, 9.17) is 16.3 Å². The molecule has 0 saturated carbocycles. The summed E-state index contributed by atoms with van der Waals surface area (Å²) in [5.41, 5.74) is 0. The van der Waals surface area contributed by atoms with Crippen LogP contribution in [-0.2, 0) is 9.53 Å². The second-order valence-electron chi connectivity index (χ2n) is 4.24. The first-order valence-electron chi connectivity index (χ1n) is 5.67. The quantitative estimate of drug-likeness (QED) is 0.811. The smallest absolute Gasteiger partial charge is 0.312 e. The number of halogens is 2. The van der Waals surface area contributed by atoms with Gasteiger partial charge >= 0.3 is 5.97 Å². The molecule has 0 aliphatic carbocycles. The fourth-order valence-electron chi connectivity index (χ4n) is 1.69. The van der Waals surface area contributed by atoms with E-state index in [2.05, 4.69) is 15.9 Å². The zero-order chi connectivity index (χ0) is 13.9. The van der Waals surface area contributed by atoms with Gasteiger partial charge in [0.15, 0.2) is 0 Å². The number of aliphatic hydroxyl groups excluding tert-OH is 1. The van der Waals surface area contributed by atoms with Gasteiger partial charge in [-0.3, -0.25) is 4.79 Å². The van der Waals surface area contributed by atoms with Crippen LogP contribution in [0.1, 0.15) is 31.8 Å². The van der Waals surface area contributed by atoms with E-state index in [0.717, 1.165) is 4.47 Å². The van der Waals surface area contributed by atoms with Gasteiger partial charge in [-0.2, -0.15) is 0 Å². The third-order valence-electron chi connectivity index (χ3n) is 2.57. The van der Waals surface area contributed by atoms with E-state index in [1.807, 2.05) is 13.8 Å². The fraction of sp³-hybridized carbons (Fsp3) is 0.583. The lowest BCUT2D eigenvalue weighted by Gasteiger charge is -2.23. The molecular weight excluding hydrogens is 340 g/mol. The van der Waals surface area contributed by atoms with E-state index in [1.54, 1.807) is 13.0 Å². The van der Waals surface area contributed by atoms with Crippen LogP contribution in [0.4, 0.5) is 0 Å². The summed E-state index contributed by atoms with van der Waals surface area (Å²) in [5, 5.41) is 10.3. The molecule has 3 nitrogen and oxygen atoms in total. The number of thiophene rings is 1. The molecule has 1 aromatic heterocycles. The second kappa shape index (κ2) is 6.89. The number of rotatable bonds is 5. The monoisotopic (exact) mass is 354 g/mol. The number of hydrogen-bond donors (Lipinski definition) is 1. The summed E-state index contributed by atoms with van der Waals surface area (Å²) in [6.07, 6.45) is -0.891. The lowest BCUT2D eigenvalue weighted by Crippen LogP contribution is -2.28. The number of aliphatic hydroxyl groups is 1. The van der Waals surface area contributed by atoms with Crippen LogP contribution < -0.4 is 0 Å². The maximum absolute atomic E-state index is 11.9. The second-order valence-corrected chi connectivity index (χ2v) is 6.78. The zero-order valence-corrected chi connectivity index (χ0v) is 13.6. The van der Waals surface area contributed by atoms with Gasteiger partial charge in [0.2, 0.25) is 0 Å². The molecule has 2 unspecified atom stereocenters. The topological polar surface area (TPSA) is 46.5 Å². The minimum atomic E-state index is -0.891. The van der Waals surface area contributed by atoms with E-state index in [1.165, 1.54) is 11.3 Å². The van der Waals surface area contributed by atoms with Gasteiger partial charge in [-0.1, -0.05) is 25.4 Å². The highest BCUT2D eigenvalue weighted by Crippen LogP contribution is 2.39. The highest BCUT2D eigenvalue weighted by atomic mass is 79.9. The van der Waals surface area contributed by atoms with Crippen molar-refractivity contribution in [2.75, 3.05) is 6.61 Å². The summed E-state index contributed by atoms with van der Waals surface area (Å²) in [7, 11) is 0. The summed E-state index contributed by atoms with van der Waals surface area (Å²) in [4.78, 5) is 12.5. The third-order valence-corrected chi connectivity index (χ3v) is 5.12. The molecule has 2 atom stereocenters. The lowest BCUT2D eigenvalue weighted by atomic mass is 9.89. The van der Waals surface area contributed by atoms with Crippen molar-refractivity contribution in [1.29, 1.82) is 0 Å². The van der Waals surface area contributed by atoms with Crippen LogP contribution in [0.15, 0.2) is 10.5 Å². The van der Waals surface area contributed by atoms with Crippen molar-refractivity contribution in [1.82, 2.24) is 0 Å². The molecule has 0 aliphatic heterocycles. The number of carbonyl (C=O) groups is 1. The molecule has 1 aromatic rings. The summed E-state index contributed by atoms with van der Waals surface area (Å²) in [5.74, 6) is -0.967. The van der Waals surface area contributed by atoms with E-state index in [-0.39, 0.29) is 11.9 Å². The molecular formula is C12H16BrClO3S. The Morgan fingerprint density at radius 1 is 1.61 bits per heavy atom. The van der Waals surface area contributed by atoms with Gasteiger partial charge in [0.25, 0.3) is 0 Å².